The van der Waals surface area contributed by atoms with Gasteiger partial charge in [0.25, 0.3) is 5.91 Å². The van der Waals surface area contributed by atoms with E-state index in [2.05, 4.69) is 31.3 Å². The second-order valence-corrected chi connectivity index (χ2v) is 6.53. The number of rotatable bonds is 1. The Morgan fingerprint density at radius 1 is 1.26 bits per heavy atom. The number of piperidine rings is 1. The molecule has 2 heterocycles. The molecule has 0 bridgehead atoms. The molecule has 0 aliphatic carbocycles. The second-order valence-electron chi connectivity index (χ2n) is 6.53. The highest BCUT2D eigenvalue weighted by molar-refractivity contribution is 6.39. The van der Waals surface area contributed by atoms with Crippen molar-refractivity contribution in [2.45, 2.75) is 46.5 Å². The Hall–Kier alpha value is -1.39. The van der Waals surface area contributed by atoms with Crippen molar-refractivity contribution in [3.63, 3.8) is 0 Å². The van der Waals surface area contributed by atoms with Crippen LogP contribution in [0.4, 0.5) is 0 Å². The Bertz CT molecular complexity index is 401. The number of hydrogen-bond donors (Lipinski definition) is 1. The fraction of sp³-hybridized carbons (Fsp3) is 0.786. The van der Waals surface area contributed by atoms with Crippen molar-refractivity contribution in [3.8, 4) is 0 Å². The summed E-state index contributed by atoms with van der Waals surface area (Å²) in [5, 5.41) is 3.88. The third kappa shape index (κ3) is 3.33. The average Bonchev–Trinajstić information content (AvgIpc) is 2.38. The van der Waals surface area contributed by atoms with Gasteiger partial charge in [-0.05, 0) is 24.2 Å². The van der Waals surface area contributed by atoms with Gasteiger partial charge >= 0.3 is 0 Å². The van der Waals surface area contributed by atoms with Crippen LogP contribution >= 0.6 is 0 Å². The van der Waals surface area contributed by atoms with Crippen molar-refractivity contribution in [3.05, 3.63) is 0 Å². The van der Waals surface area contributed by atoms with E-state index in [-0.39, 0.29) is 11.8 Å². The van der Waals surface area contributed by atoms with Crippen LogP contribution in [0.3, 0.4) is 0 Å². The van der Waals surface area contributed by atoms with E-state index in [1.165, 1.54) is 0 Å². The summed E-state index contributed by atoms with van der Waals surface area (Å²) in [5.41, 5.74) is 3.19. The number of hydrogen-bond acceptors (Lipinski definition) is 3. The van der Waals surface area contributed by atoms with Gasteiger partial charge in [0.2, 0.25) is 5.91 Å². The van der Waals surface area contributed by atoms with E-state index >= 15 is 0 Å². The van der Waals surface area contributed by atoms with Crippen molar-refractivity contribution >= 4 is 17.5 Å². The fourth-order valence-electron chi connectivity index (χ4n) is 2.76. The van der Waals surface area contributed by atoms with E-state index in [1.807, 2.05) is 4.90 Å². The first-order chi connectivity index (χ1) is 8.88. The first-order valence-corrected chi connectivity index (χ1v) is 7.02. The van der Waals surface area contributed by atoms with E-state index in [1.54, 1.807) is 0 Å². The molecule has 1 N–H and O–H groups in total. The zero-order valence-electron chi connectivity index (χ0n) is 12.0. The lowest BCUT2D eigenvalue weighted by atomic mass is 9.75. The third-order valence-electron chi connectivity index (χ3n) is 4.16. The topological polar surface area (TPSA) is 61.8 Å². The van der Waals surface area contributed by atoms with Crippen molar-refractivity contribution in [1.29, 1.82) is 0 Å². The molecule has 2 rings (SSSR count). The first-order valence-electron chi connectivity index (χ1n) is 7.02. The quantitative estimate of drug-likeness (QED) is 0.781. The van der Waals surface area contributed by atoms with Gasteiger partial charge in [-0.3, -0.25) is 9.59 Å². The molecule has 5 heteroatoms. The molecule has 2 aliphatic rings. The summed E-state index contributed by atoms with van der Waals surface area (Å²) in [7, 11) is 0. The summed E-state index contributed by atoms with van der Waals surface area (Å²) in [4.78, 5) is 25.2. The maximum absolute atomic E-state index is 12.3. The normalized spacial score (nSPS) is 21.9. The Morgan fingerprint density at radius 2 is 1.89 bits per heavy atom. The highest BCUT2D eigenvalue weighted by Gasteiger charge is 2.32. The zero-order valence-corrected chi connectivity index (χ0v) is 12.0. The molecule has 0 aromatic rings. The van der Waals surface area contributed by atoms with Gasteiger partial charge < -0.3 is 4.90 Å². The first kappa shape index (κ1) is 14.0. The van der Waals surface area contributed by atoms with E-state index in [0.717, 1.165) is 25.9 Å². The molecule has 106 valence electrons. The van der Waals surface area contributed by atoms with Crippen LogP contribution in [-0.2, 0) is 9.59 Å². The minimum atomic E-state index is -0.108. The molecular weight excluding hydrogens is 242 g/mol. The van der Waals surface area contributed by atoms with Gasteiger partial charge in [0, 0.05) is 25.9 Å². The number of carbonyl (C=O) groups is 2. The highest BCUT2D eigenvalue weighted by atomic mass is 16.2. The number of nitrogens with zero attached hydrogens (tertiary/aromatic N) is 2. The van der Waals surface area contributed by atoms with Gasteiger partial charge in [0.05, 0.1) is 0 Å². The number of amides is 2. The SMILES string of the molecule is CC(C)(C)C1CCN(C(=O)C2=NNC(=O)CC2)CC1. The van der Waals surface area contributed by atoms with Crippen molar-refractivity contribution < 1.29 is 9.59 Å². The van der Waals surface area contributed by atoms with E-state index in [9.17, 15) is 9.59 Å². The van der Waals surface area contributed by atoms with Crippen LogP contribution in [0, 0.1) is 11.3 Å². The molecule has 1 fully saturated rings. The van der Waals surface area contributed by atoms with Crippen molar-refractivity contribution in [2.75, 3.05) is 13.1 Å². The largest absolute Gasteiger partial charge is 0.338 e. The molecule has 0 aromatic heterocycles. The molecule has 2 aliphatic heterocycles. The Labute approximate surface area is 114 Å². The molecule has 0 atom stereocenters. The lowest BCUT2D eigenvalue weighted by molar-refractivity contribution is -0.126. The van der Waals surface area contributed by atoms with Crippen LogP contribution in [0.25, 0.3) is 0 Å². The minimum Gasteiger partial charge on any atom is -0.338 e. The van der Waals surface area contributed by atoms with Crippen LogP contribution in [0.1, 0.15) is 46.5 Å². The fourth-order valence-corrected chi connectivity index (χ4v) is 2.76. The Balaban J connectivity index is 1.91. The molecule has 1 saturated heterocycles. The maximum atomic E-state index is 12.3. The van der Waals surface area contributed by atoms with Crippen molar-refractivity contribution in [1.82, 2.24) is 10.3 Å². The van der Waals surface area contributed by atoms with Crippen LogP contribution in [0.5, 0.6) is 0 Å². The van der Waals surface area contributed by atoms with Gasteiger partial charge in [-0.25, -0.2) is 5.43 Å². The van der Waals surface area contributed by atoms with E-state index in [4.69, 9.17) is 0 Å². The molecule has 0 spiro atoms. The van der Waals surface area contributed by atoms with Gasteiger partial charge in [-0.15, -0.1) is 0 Å². The maximum Gasteiger partial charge on any atom is 0.270 e. The monoisotopic (exact) mass is 265 g/mol. The summed E-state index contributed by atoms with van der Waals surface area (Å²) in [6.07, 6.45) is 2.93. The van der Waals surface area contributed by atoms with Gasteiger partial charge in [0.15, 0.2) is 0 Å². The average molecular weight is 265 g/mol. The van der Waals surface area contributed by atoms with Gasteiger partial charge in [0.1, 0.15) is 5.71 Å². The van der Waals surface area contributed by atoms with Crippen LogP contribution in [-0.4, -0.2) is 35.5 Å². The summed E-state index contributed by atoms with van der Waals surface area (Å²) >= 11 is 0. The van der Waals surface area contributed by atoms with Crippen molar-refractivity contribution in [2.24, 2.45) is 16.4 Å². The van der Waals surface area contributed by atoms with Crippen LogP contribution < -0.4 is 5.43 Å². The predicted octanol–water partition coefficient (Wildman–Crippen LogP) is 1.54. The molecule has 0 saturated carbocycles. The van der Waals surface area contributed by atoms with Gasteiger partial charge in [-0.2, -0.15) is 5.10 Å². The molecular formula is C14H23N3O2. The number of likely N-dealkylation sites (tertiary alicyclic amines) is 1. The lowest BCUT2D eigenvalue weighted by Crippen LogP contribution is -2.45. The minimum absolute atomic E-state index is 0.00707. The second kappa shape index (κ2) is 5.31. The lowest BCUT2D eigenvalue weighted by Gasteiger charge is -2.39. The van der Waals surface area contributed by atoms with Crippen LogP contribution in [0.2, 0.25) is 0 Å². The molecule has 0 unspecified atom stereocenters. The number of hydrazone groups is 1. The highest BCUT2D eigenvalue weighted by Crippen LogP contribution is 2.34. The smallest absolute Gasteiger partial charge is 0.270 e. The molecule has 0 radical (unpaired) electrons. The standard InChI is InChI=1S/C14H23N3O2/c1-14(2,3)10-6-8-17(9-7-10)13(19)11-4-5-12(18)16-15-11/h10H,4-9H2,1-3H3,(H,16,18). The third-order valence-corrected chi connectivity index (χ3v) is 4.16. The number of nitrogens with one attached hydrogen (secondary N) is 1. The Kier molecular flexibility index (Phi) is 3.92. The molecule has 5 nitrogen and oxygen atoms in total. The summed E-state index contributed by atoms with van der Waals surface area (Å²) in [6.45, 7) is 8.38. The summed E-state index contributed by atoms with van der Waals surface area (Å²) < 4.78 is 0. The van der Waals surface area contributed by atoms with E-state index in [0.29, 0.717) is 29.9 Å². The molecule has 2 amide bonds. The zero-order chi connectivity index (χ0) is 14.0. The Morgan fingerprint density at radius 3 is 2.37 bits per heavy atom. The number of carbonyl (C=O) groups excluding carboxylic acids is 2. The van der Waals surface area contributed by atoms with Gasteiger partial charge in [-0.1, -0.05) is 20.8 Å². The predicted molar refractivity (Wildman–Crippen MR) is 73.6 cm³/mol. The summed E-state index contributed by atoms with van der Waals surface area (Å²) in [6, 6.07) is 0. The summed E-state index contributed by atoms with van der Waals surface area (Å²) in [5.74, 6) is 0.555. The molecule has 19 heavy (non-hydrogen) atoms. The van der Waals surface area contributed by atoms with E-state index < -0.39 is 0 Å². The van der Waals surface area contributed by atoms with Crippen LogP contribution in [0.15, 0.2) is 5.10 Å². The molecule has 0 aromatic carbocycles.